The molecule has 2 aliphatic carbocycles. The summed E-state index contributed by atoms with van der Waals surface area (Å²) in [5.74, 6) is -0.156. The van der Waals surface area contributed by atoms with E-state index in [4.69, 9.17) is 9.84 Å². The van der Waals surface area contributed by atoms with E-state index in [-0.39, 0.29) is 30.3 Å². The molecule has 0 aliphatic heterocycles. The van der Waals surface area contributed by atoms with Crippen LogP contribution in [0.3, 0.4) is 0 Å². The molecule has 7 heteroatoms. The van der Waals surface area contributed by atoms with E-state index in [2.05, 4.69) is 31.4 Å². The summed E-state index contributed by atoms with van der Waals surface area (Å²) in [5, 5.41) is 14.8. The summed E-state index contributed by atoms with van der Waals surface area (Å²) < 4.78 is 5.93. The number of likely N-dealkylation sites (N-methyl/N-ethyl adjacent to an activating group) is 1. The van der Waals surface area contributed by atoms with Gasteiger partial charge in [-0.05, 0) is 65.3 Å². The molecule has 7 nitrogen and oxygen atoms in total. The van der Waals surface area contributed by atoms with Gasteiger partial charge in [-0.3, -0.25) is 9.69 Å². The normalized spacial score (nSPS) is 28.2. The van der Waals surface area contributed by atoms with Crippen LogP contribution < -0.4 is 10.6 Å². The SMILES string of the molecule is CCN(CC(=O)O)C1CC(NC(=O)NCCC2CC(OC(C)(C)C)C2)C1. The number of nitrogens with one attached hydrogen (secondary N) is 2. The van der Waals surface area contributed by atoms with Crippen molar-refractivity contribution in [2.45, 2.75) is 83.6 Å². The van der Waals surface area contributed by atoms with Crippen molar-refractivity contribution in [1.82, 2.24) is 15.5 Å². The molecule has 2 amide bonds. The van der Waals surface area contributed by atoms with Crippen LogP contribution in [-0.4, -0.2) is 65.4 Å². The van der Waals surface area contributed by atoms with E-state index >= 15 is 0 Å². The Hall–Kier alpha value is -1.34. The Morgan fingerprint density at radius 1 is 1.19 bits per heavy atom. The molecule has 2 rings (SSSR count). The van der Waals surface area contributed by atoms with Gasteiger partial charge in [-0.25, -0.2) is 4.79 Å². The van der Waals surface area contributed by atoms with Crippen molar-refractivity contribution in [1.29, 1.82) is 0 Å². The van der Waals surface area contributed by atoms with Crippen molar-refractivity contribution in [3.05, 3.63) is 0 Å². The van der Waals surface area contributed by atoms with Crippen LogP contribution in [0.1, 0.15) is 59.8 Å². The number of carboxylic acid groups (broad SMARTS) is 1. The lowest BCUT2D eigenvalue weighted by Crippen LogP contribution is -2.56. The maximum atomic E-state index is 12.0. The minimum atomic E-state index is -0.799. The van der Waals surface area contributed by atoms with Gasteiger partial charge in [0.1, 0.15) is 0 Å². The van der Waals surface area contributed by atoms with E-state index in [0.29, 0.717) is 18.6 Å². The molecule has 0 spiro atoms. The van der Waals surface area contributed by atoms with Crippen LogP contribution in [0, 0.1) is 5.92 Å². The first kappa shape index (κ1) is 21.0. The van der Waals surface area contributed by atoms with E-state index in [1.165, 1.54) is 0 Å². The molecule has 0 radical (unpaired) electrons. The van der Waals surface area contributed by atoms with Crippen LogP contribution in [-0.2, 0) is 9.53 Å². The van der Waals surface area contributed by atoms with Gasteiger partial charge < -0.3 is 20.5 Å². The topological polar surface area (TPSA) is 90.9 Å². The number of urea groups is 1. The summed E-state index contributed by atoms with van der Waals surface area (Å²) in [5.41, 5.74) is -0.0772. The Balaban J connectivity index is 1.51. The quantitative estimate of drug-likeness (QED) is 0.580. The molecule has 2 aliphatic rings. The average Bonchev–Trinajstić information content (AvgIpc) is 2.44. The summed E-state index contributed by atoms with van der Waals surface area (Å²) in [6, 6.07) is 0.295. The maximum absolute atomic E-state index is 12.0. The third kappa shape index (κ3) is 6.76. The average molecular weight is 370 g/mol. The zero-order chi connectivity index (χ0) is 19.3. The summed E-state index contributed by atoms with van der Waals surface area (Å²) in [7, 11) is 0. The van der Waals surface area contributed by atoms with Crippen LogP contribution in [0.15, 0.2) is 0 Å². The Bertz CT molecular complexity index is 480. The number of aliphatic carboxylic acids is 1. The fraction of sp³-hybridized carbons (Fsp3) is 0.895. The Labute approximate surface area is 156 Å². The first-order valence-electron chi connectivity index (χ1n) is 9.84. The molecule has 0 bridgehead atoms. The van der Waals surface area contributed by atoms with Crippen molar-refractivity contribution in [2.24, 2.45) is 5.92 Å². The minimum absolute atomic E-state index is 0.0708. The highest BCUT2D eigenvalue weighted by Crippen LogP contribution is 2.34. The summed E-state index contributed by atoms with van der Waals surface area (Å²) in [6.45, 7) is 9.69. The third-order valence-corrected chi connectivity index (χ3v) is 5.26. The van der Waals surface area contributed by atoms with E-state index in [1.54, 1.807) is 0 Å². The summed E-state index contributed by atoms with van der Waals surface area (Å²) >= 11 is 0. The van der Waals surface area contributed by atoms with Gasteiger partial charge in [0.25, 0.3) is 0 Å². The number of carbonyl (C=O) groups excluding carboxylic acids is 1. The van der Waals surface area contributed by atoms with Crippen LogP contribution >= 0.6 is 0 Å². The molecule has 26 heavy (non-hydrogen) atoms. The van der Waals surface area contributed by atoms with Gasteiger partial charge in [-0.15, -0.1) is 0 Å². The number of rotatable bonds is 9. The van der Waals surface area contributed by atoms with Crippen LogP contribution in [0.2, 0.25) is 0 Å². The number of carbonyl (C=O) groups is 2. The molecule has 150 valence electrons. The Morgan fingerprint density at radius 3 is 2.38 bits per heavy atom. The molecule has 0 atom stereocenters. The number of ether oxygens (including phenoxy) is 1. The second kappa shape index (κ2) is 9.04. The molecule has 0 aromatic rings. The van der Waals surface area contributed by atoms with Gasteiger partial charge in [0.15, 0.2) is 0 Å². The minimum Gasteiger partial charge on any atom is -0.480 e. The van der Waals surface area contributed by atoms with Gasteiger partial charge >= 0.3 is 12.0 Å². The van der Waals surface area contributed by atoms with Gasteiger partial charge in [0, 0.05) is 18.6 Å². The lowest BCUT2D eigenvalue weighted by Gasteiger charge is -2.42. The number of hydrogen-bond donors (Lipinski definition) is 3. The molecule has 0 aromatic carbocycles. The Kier molecular flexibility index (Phi) is 7.29. The van der Waals surface area contributed by atoms with E-state index in [0.717, 1.165) is 38.6 Å². The number of amides is 2. The molecule has 0 unspecified atom stereocenters. The fourth-order valence-corrected chi connectivity index (χ4v) is 3.81. The van der Waals surface area contributed by atoms with Crippen molar-refractivity contribution in [3.63, 3.8) is 0 Å². The van der Waals surface area contributed by atoms with Gasteiger partial charge in [-0.2, -0.15) is 0 Å². The smallest absolute Gasteiger partial charge is 0.317 e. The molecule has 0 saturated heterocycles. The second-order valence-corrected chi connectivity index (χ2v) is 8.66. The van der Waals surface area contributed by atoms with Crippen molar-refractivity contribution < 1.29 is 19.4 Å². The van der Waals surface area contributed by atoms with Crippen LogP contribution in [0.5, 0.6) is 0 Å². The van der Waals surface area contributed by atoms with E-state index < -0.39 is 5.97 Å². The largest absolute Gasteiger partial charge is 0.480 e. The lowest BCUT2D eigenvalue weighted by molar-refractivity contribution is -0.139. The molecule has 3 N–H and O–H groups in total. The summed E-state index contributed by atoms with van der Waals surface area (Å²) in [6.07, 6.45) is 5.18. The number of carboxylic acids is 1. The highest BCUT2D eigenvalue weighted by molar-refractivity contribution is 5.74. The van der Waals surface area contributed by atoms with Crippen LogP contribution in [0.25, 0.3) is 0 Å². The molecule has 2 fully saturated rings. The van der Waals surface area contributed by atoms with Crippen molar-refractivity contribution in [3.8, 4) is 0 Å². The number of nitrogens with zero attached hydrogens (tertiary/aromatic N) is 1. The number of hydrogen-bond acceptors (Lipinski definition) is 4. The predicted molar refractivity (Wildman–Crippen MR) is 100 cm³/mol. The van der Waals surface area contributed by atoms with E-state index in [9.17, 15) is 9.59 Å². The Morgan fingerprint density at radius 2 is 1.85 bits per heavy atom. The van der Waals surface area contributed by atoms with Crippen molar-refractivity contribution in [2.75, 3.05) is 19.6 Å². The van der Waals surface area contributed by atoms with Gasteiger partial charge in [0.05, 0.1) is 18.2 Å². The van der Waals surface area contributed by atoms with Gasteiger partial charge in [-0.1, -0.05) is 6.92 Å². The first-order valence-corrected chi connectivity index (χ1v) is 9.84. The maximum Gasteiger partial charge on any atom is 0.317 e. The third-order valence-electron chi connectivity index (χ3n) is 5.26. The zero-order valence-electron chi connectivity index (χ0n) is 16.6. The second-order valence-electron chi connectivity index (χ2n) is 8.66. The standard InChI is InChI=1S/C19H35N3O4/c1-5-22(12-17(23)24)15-10-14(11-15)21-18(25)20-7-6-13-8-16(9-13)26-19(2,3)4/h13-16H,5-12H2,1-4H3,(H,23,24)(H2,20,21,25). The molecule has 0 heterocycles. The monoisotopic (exact) mass is 369 g/mol. The van der Waals surface area contributed by atoms with E-state index in [1.807, 2.05) is 11.8 Å². The summed E-state index contributed by atoms with van der Waals surface area (Å²) in [4.78, 5) is 24.7. The molecule has 2 saturated carbocycles. The van der Waals surface area contributed by atoms with Crippen molar-refractivity contribution >= 4 is 12.0 Å². The molecular weight excluding hydrogens is 334 g/mol. The zero-order valence-corrected chi connectivity index (χ0v) is 16.6. The highest BCUT2D eigenvalue weighted by atomic mass is 16.5. The predicted octanol–water partition coefficient (Wildman–Crippen LogP) is 2.21. The molecule has 0 aromatic heterocycles. The first-order chi connectivity index (χ1) is 12.2. The lowest BCUT2D eigenvalue weighted by atomic mass is 9.79. The fourth-order valence-electron chi connectivity index (χ4n) is 3.81. The molecular formula is C19H35N3O4. The van der Waals surface area contributed by atoms with Gasteiger partial charge in [0.2, 0.25) is 0 Å². The highest BCUT2D eigenvalue weighted by Gasteiger charge is 2.35. The van der Waals surface area contributed by atoms with Crippen LogP contribution in [0.4, 0.5) is 4.79 Å².